The molecule has 2 N–H and O–H groups in total. The van der Waals surface area contributed by atoms with E-state index >= 15 is 0 Å². The first-order valence-electron chi connectivity index (χ1n) is 7.43. The van der Waals surface area contributed by atoms with Crippen LogP contribution in [0.5, 0.6) is 5.75 Å². The second-order valence-electron chi connectivity index (χ2n) is 5.38. The quantitative estimate of drug-likeness (QED) is 0.760. The summed E-state index contributed by atoms with van der Waals surface area (Å²) in [6, 6.07) is 2.11. The van der Waals surface area contributed by atoms with Crippen LogP contribution >= 0.6 is 0 Å². The number of carbonyl (C=O) groups excluding carboxylic acids is 1. The molecule has 1 aromatic carbocycles. The average molecular weight is 370 g/mol. The molecule has 1 amide bonds. The minimum absolute atomic E-state index is 0. The Balaban J connectivity index is 0.00000338. The Kier molecular flexibility index (Phi) is 7.96. The summed E-state index contributed by atoms with van der Waals surface area (Å²) in [7, 11) is 0. The third-order valence-electron chi connectivity index (χ3n) is 3.68. The Morgan fingerprint density at radius 3 is 2.46 bits per heavy atom. The van der Waals surface area contributed by atoms with E-state index in [1.165, 1.54) is 0 Å². The summed E-state index contributed by atoms with van der Waals surface area (Å²) in [4.78, 5) is 25.2. The zero-order valence-electron chi connectivity index (χ0n) is 13.3. The van der Waals surface area contributed by atoms with Gasteiger partial charge in [0.15, 0.2) is 5.75 Å². The predicted octanol–water partition coefficient (Wildman–Crippen LogP) is 1.29. The van der Waals surface area contributed by atoms with E-state index in [0.717, 1.165) is 18.2 Å². The molecule has 2 rings (SSSR count). The van der Waals surface area contributed by atoms with Crippen molar-refractivity contribution in [2.45, 2.75) is 19.3 Å². The van der Waals surface area contributed by atoms with E-state index in [9.17, 15) is 22.8 Å². The van der Waals surface area contributed by atoms with Crippen molar-refractivity contribution < 1.29 is 37.3 Å². The molecule has 1 unspecified atom stereocenters. The number of morpholine rings is 1. The van der Waals surface area contributed by atoms with E-state index in [-0.39, 0.29) is 30.1 Å². The van der Waals surface area contributed by atoms with E-state index in [0.29, 0.717) is 26.3 Å². The van der Waals surface area contributed by atoms with Gasteiger partial charge < -0.3 is 19.9 Å². The molecule has 1 aliphatic heterocycles. The Morgan fingerprint density at radius 2 is 1.92 bits per heavy atom. The molecule has 7 nitrogen and oxygen atoms in total. The Labute approximate surface area is 159 Å². The first-order chi connectivity index (χ1) is 11.7. The summed E-state index contributed by atoms with van der Waals surface area (Å²) in [5.41, 5.74) is -0.633. The number of carbonyl (C=O) groups is 2. The van der Waals surface area contributed by atoms with Crippen molar-refractivity contribution in [2.24, 2.45) is 0 Å². The number of amides is 1. The molecular weight excluding hydrogens is 352 g/mol. The fraction of sp³-hybridized carbons (Fsp3) is 0.467. The van der Waals surface area contributed by atoms with E-state index in [1.54, 1.807) is 6.92 Å². The van der Waals surface area contributed by atoms with Crippen LogP contribution in [0.4, 0.5) is 18.9 Å². The van der Waals surface area contributed by atoms with Crippen molar-refractivity contribution in [3.63, 3.8) is 0 Å². The van der Waals surface area contributed by atoms with E-state index in [2.05, 4.69) is 10.1 Å². The standard InChI is InChI=1S/C15H17F3N2O5.Li.H/c1-9(20-4-6-24-7-5-20)13(21)19-11-8-10(14(22)23)2-3-12(11)25-15(16,17)18;;/h2-3,8-9H,4-7H2,1H3,(H,19,21)(H,22,23);;. The maximum atomic E-state index is 12.5. The van der Waals surface area contributed by atoms with Gasteiger partial charge in [0.05, 0.1) is 30.5 Å². The van der Waals surface area contributed by atoms with Gasteiger partial charge >= 0.3 is 31.2 Å². The second-order valence-corrected chi connectivity index (χ2v) is 5.38. The third-order valence-corrected chi connectivity index (χ3v) is 3.68. The van der Waals surface area contributed by atoms with Crippen LogP contribution in [0, 0.1) is 0 Å². The van der Waals surface area contributed by atoms with Crippen molar-refractivity contribution in [3.05, 3.63) is 23.8 Å². The average Bonchev–Trinajstić information content (AvgIpc) is 2.55. The van der Waals surface area contributed by atoms with Gasteiger partial charge in [0, 0.05) is 13.1 Å². The van der Waals surface area contributed by atoms with Gasteiger partial charge in [-0.15, -0.1) is 13.2 Å². The molecule has 11 heteroatoms. The zero-order chi connectivity index (χ0) is 18.6. The molecule has 1 saturated heterocycles. The summed E-state index contributed by atoms with van der Waals surface area (Å²) in [6.45, 7) is 3.53. The van der Waals surface area contributed by atoms with Crippen LogP contribution in [-0.4, -0.2) is 79.5 Å². The molecule has 1 heterocycles. The first-order valence-corrected chi connectivity index (χ1v) is 7.43. The number of rotatable bonds is 5. The summed E-state index contributed by atoms with van der Waals surface area (Å²) < 4.78 is 46.5. The number of carboxylic acid groups (broad SMARTS) is 1. The molecule has 0 aromatic heterocycles. The van der Waals surface area contributed by atoms with E-state index < -0.39 is 30.0 Å². The summed E-state index contributed by atoms with van der Waals surface area (Å²) in [5, 5.41) is 11.3. The monoisotopic (exact) mass is 370 g/mol. The SMILES string of the molecule is CC(C(=O)Nc1cc(C(=O)O)ccc1OC(F)(F)F)N1CCOCC1.[LiH]. The van der Waals surface area contributed by atoms with E-state index in [1.807, 2.05) is 4.90 Å². The zero-order valence-corrected chi connectivity index (χ0v) is 13.3. The molecule has 0 bridgehead atoms. The van der Waals surface area contributed by atoms with Crippen molar-refractivity contribution in [3.8, 4) is 5.75 Å². The van der Waals surface area contributed by atoms with Crippen LogP contribution in [0.15, 0.2) is 18.2 Å². The molecule has 0 saturated carbocycles. The van der Waals surface area contributed by atoms with Crippen LogP contribution in [0.2, 0.25) is 0 Å². The number of benzene rings is 1. The molecular formula is C15H18F3LiN2O5. The number of nitrogens with one attached hydrogen (secondary N) is 1. The van der Waals surface area contributed by atoms with Crippen molar-refractivity contribution in [1.29, 1.82) is 0 Å². The van der Waals surface area contributed by atoms with Gasteiger partial charge in [0.1, 0.15) is 0 Å². The van der Waals surface area contributed by atoms with Gasteiger partial charge in [-0.1, -0.05) is 0 Å². The normalized spacial score (nSPS) is 16.3. The first kappa shape index (κ1) is 22.3. The third kappa shape index (κ3) is 6.21. The fourth-order valence-corrected chi connectivity index (χ4v) is 2.34. The van der Waals surface area contributed by atoms with Crippen LogP contribution < -0.4 is 10.1 Å². The number of anilines is 1. The van der Waals surface area contributed by atoms with Gasteiger partial charge in [0.25, 0.3) is 0 Å². The number of alkyl halides is 3. The molecule has 140 valence electrons. The van der Waals surface area contributed by atoms with Gasteiger partial charge in [-0.05, 0) is 25.1 Å². The molecule has 1 aromatic rings. The molecule has 1 aliphatic rings. The molecule has 0 radical (unpaired) electrons. The Morgan fingerprint density at radius 1 is 1.31 bits per heavy atom. The van der Waals surface area contributed by atoms with Gasteiger partial charge in [-0.25, -0.2) is 4.79 Å². The molecule has 0 aliphatic carbocycles. The molecule has 1 fully saturated rings. The van der Waals surface area contributed by atoms with Crippen LogP contribution in [0.1, 0.15) is 17.3 Å². The van der Waals surface area contributed by atoms with Crippen molar-refractivity contribution in [2.75, 3.05) is 31.6 Å². The maximum absolute atomic E-state index is 12.5. The molecule has 1 atom stereocenters. The topological polar surface area (TPSA) is 88.1 Å². The number of hydrogen-bond donors (Lipinski definition) is 2. The minimum atomic E-state index is -4.97. The molecule has 26 heavy (non-hydrogen) atoms. The number of ether oxygens (including phenoxy) is 2. The van der Waals surface area contributed by atoms with Crippen LogP contribution in [-0.2, 0) is 9.53 Å². The fourth-order valence-electron chi connectivity index (χ4n) is 2.34. The Hall–Kier alpha value is -1.73. The van der Waals surface area contributed by atoms with Crippen LogP contribution in [0.25, 0.3) is 0 Å². The summed E-state index contributed by atoms with van der Waals surface area (Å²) in [5.74, 6) is -2.59. The van der Waals surface area contributed by atoms with Crippen molar-refractivity contribution in [1.82, 2.24) is 4.90 Å². The summed E-state index contributed by atoms with van der Waals surface area (Å²) in [6.07, 6.45) is -4.97. The molecule has 0 spiro atoms. The van der Waals surface area contributed by atoms with Gasteiger partial charge in [-0.3, -0.25) is 9.69 Å². The van der Waals surface area contributed by atoms with Gasteiger partial charge in [0.2, 0.25) is 5.91 Å². The number of aromatic carboxylic acids is 1. The van der Waals surface area contributed by atoms with Crippen molar-refractivity contribution >= 4 is 36.4 Å². The number of halogens is 3. The number of hydrogen-bond acceptors (Lipinski definition) is 5. The summed E-state index contributed by atoms with van der Waals surface area (Å²) >= 11 is 0. The van der Waals surface area contributed by atoms with Gasteiger partial charge in [-0.2, -0.15) is 0 Å². The number of carboxylic acids is 1. The second kappa shape index (κ2) is 9.28. The predicted molar refractivity (Wildman–Crippen MR) is 87.7 cm³/mol. The van der Waals surface area contributed by atoms with E-state index in [4.69, 9.17) is 9.84 Å². The number of nitrogens with zero attached hydrogens (tertiary/aromatic N) is 1. The Bertz CT molecular complexity index is 651. The van der Waals surface area contributed by atoms with Crippen LogP contribution in [0.3, 0.4) is 0 Å².